The molecule has 0 atom stereocenters. The van der Waals surface area contributed by atoms with Crippen LogP contribution >= 0.6 is 0 Å². The van der Waals surface area contributed by atoms with Crippen LogP contribution in [-0.4, -0.2) is 24.6 Å². The van der Waals surface area contributed by atoms with Gasteiger partial charge in [-0.3, -0.25) is 9.79 Å². The minimum absolute atomic E-state index is 0.0687. The molecule has 0 unspecified atom stereocenters. The average Bonchev–Trinajstić information content (AvgIpc) is 2.35. The summed E-state index contributed by atoms with van der Waals surface area (Å²) in [6.45, 7) is 4.16. The third kappa shape index (κ3) is 7.08. The Kier molecular flexibility index (Phi) is 6.43. The first-order valence-electron chi connectivity index (χ1n) is 6.39. The number of nitrogens with zero attached hydrogens (tertiary/aromatic N) is 1. The zero-order valence-corrected chi connectivity index (χ0v) is 11.4. The van der Waals surface area contributed by atoms with Crippen LogP contribution in [-0.2, 0) is 9.53 Å². The Morgan fingerprint density at radius 2 is 2.05 bits per heavy atom. The van der Waals surface area contributed by atoms with E-state index in [1.807, 2.05) is 44.2 Å². The summed E-state index contributed by atoms with van der Waals surface area (Å²) in [6.07, 6.45) is 0.920. The van der Waals surface area contributed by atoms with Crippen LogP contribution in [0, 0.1) is 0 Å². The second kappa shape index (κ2) is 8.13. The van der Waals surface area contributed by atoms with Gasteiger partial charge in [-0.05, 0) is 32.4 Å². The van der Waals surface area contributed by atoms with E-state index in [0.29, 0.717) is 25.3 Å². The SMILES string of the molecule is CC(C)OC(=O)CCCN=C(N)Nc1ccccc1. The Labute approximate surface area is 113 Å². The first kappa shape index (κ1) is 15.0. The minimum Gasteiger partial charge on any atom is -0.463 e. The third-order valence-corrected chi connectivity index (χ3v) is 2.23. The molecule has 0 bridgehead atoms. The second-order valence-corrected chi connectivity index (χ2v) is 4.40. The molecule has 5 nitrogen and oxygen atoms in total. The van der Waals surface area contributed by atoms with Crippen molar-refractivity contribution < 1.29 is 9.53 Å². The molecule has 0 fully saturated rings. The molecule has 19 heavy (non-hydrogen) atoms. The molecule has 5 heteroatoms. The zero-order valence-electron chi connectivity index (χ0n) is 11.4. The number of aliphatic imine (C=N–C) groups is 1. The van der Waals surface area contributed by atoms with E-state index in [4.69, 9.17) is 10.5 Å². The molecule has 0 aliphatic rings. The van der Waals surface area contributed by atoms with Crippen molar-refractivity contribution in [2.75, 3.05) is 11.9 Å². The maximum absolute atomic E-state index is 11.3. The van der Waals surface area contributed by atoms with Crippen LogP contribution in [0.4, 0.5) is 5.69 Å². The van der Waals surface area contributed by atoms with Crippen LogP contribution in [0.3, 0.4) is 0 Å². The van der Waals surface area contributed by atoms with Crippen molar-refractivity contribution in [2.24, 2.45) is 10.7 Å². The predicted molar refractivity (Wildman–Crippen MR) is 77.0 cm³/mol. The molecular weight excluding hydrogens is 242 g/mol. The topological polar surface area (TPSA) is 76.7 Å². The van der Waals surface area contributed by atoms with E-state index in [9.17, 15) is 4.79 Å². The van der Waals surface area contributed by atoms with Gasteiger partial charge in [-0.15, -0.1) is 0 Å². The number of carbonyl (C=O) groups excluding carboxylic acids is 1. The first-order chi connectivity index (χ1) is 9.08. The van der Waals surface area contributed by atoms with Crippen molar-refractivity contribution in [3.63, 3.8) is 0 Å². The number of nitrogens with two attached hydrogens (primary N) is 1. The number of guanidine groups is 1. The Hall–Kier alpha value is -2.04. The zero-order chi connectivity index (χ0) is 14.1. The lowest BCUT2D eigenvalue weighted by atomic mass is 10.3. The molecule has 0 aliphatic heterocycles. The smallest absolute Gasteiger partial charge is 0.306 e. The summed E-state index contributed by atoms with van der Waals surface area (Å²) >= 11 is 0. The number of anilines is 1. The van der Waals surface area contributed by atoms with Crippen molar-refractivity contribution in [3.05, 3.63) is 30.3 Å². The summed E-state index contributed by atoms with van der Waals surface area (Å²) in [5.41, 5.74) is 6.62. The Bertz CT molecular complexity index is 416. The maximum Gasteiger partial charge on any atom is 0.306 e. The molecule has 0 radical (unpaired) electrons. The van der Waals surface area contributed by atoms with Crippen molar-refractivity contribution in [1.82, 2.24) is 0 Å². The summed E-state index contributed by atoms with van der Waals surface area (Å²) < 4.78 is 5.02. The van der Waals surface area contributed by atoms with Crippen LogP contribution in [0.15, 0.2) is 35.3 Å². The number of nitrogens with one attached hydrogen (secondary N) is 1. The molecule has 0 heterocycles. The number of para-hydroxylation sites is 1. The number of benzene rings is 1. The summed E-state index contributed by atoms with van der Waals surface area (Å²) in [5, 5.41) is 2.97. The van der Waals surface area contributed by atoms with Gasteiger partial charge in [0.2, 0.25) is 0 Å². The van der Waals surface area contributed by atoms with Gasteiger partial charge in [-0.25, -0.2) is 0 Å². The van der Waals surface area contributed by atoms with Crippen molar-refractivity contribution in [3.8, 4) is 0 Å². The van der Waals surface area contributed by atoms with Crippen LogP contribution in [0.2, 0.25) is 0 Å². The van der Waals surface area contributed by atoms with Crippen LogP contribution in [0.25, 0.3) is 0 Å². The molecule has 0 saturated carbocycles. The lowest BCUT2D eigenvalue weighted by Crippen LogP contribution is -2.22. The fourth-order valence-electron chi connectivity index (χ4n) is 1.45. The van der Waals surface area contributed by atoms with Gasteiger partial charge in [-0.1, -0.05) is 18.2 Å². The lowest BCUT2D eigenvalue weighted by molar-refractivity contribution is -0.147. The Balaban J connectivity index is 2.23. The van der Waals surface area contributed by atoms with Crippen LogP contribution in [0.1, 0.15) is 26.7 Å². The Morgan fingerprint density at radius 1 is 1.37 bits per heavy atom. The monoisotopic (exact) mass is 263 g/mol. The van der Waals surface area contributed by atoms with Crippen molar-refractivity contribution in [2.45, 2.75) is 32.8 Å². The summed E-state index contributed by atoms with van der Waals surface area (Å²) in [5.74, 6) is 0.156. The molecule has 0 aromatic heterocycles. The van der Waals surface area contributed by atoms with Gasteiger partial charge < -0.3 is 15.8 Å². The molecule has 104 valence electrons. The van der Waals surface area contributed by atoms with Crippen LogP contribution in [0.5, 0.6) is 0 Å². The van der Waals surface area contributed by atoms with Crippen LogP contribution < -0.4 is 11.1 Å². The second-order valence-electron chi connectivity index (χ2n) is 4.40. The third-order valence-electron chi connectivity index (χ3n) is 2.23. The fourth-order valence-corrected chi connectivity index (χ4v) is 1.45. The highest BCUT2D eigenvalue weighted by Gasteiger charge is 2.04. The number of esters is 1. The van der Waals surface area contributed by atoms with Gasteiger partial charge in [0.05, 0.1) is 6.10 Å². The fraction of sp³-hybridized carbons (Fsp3) is 0.429. The molecular formula is C14H21N3O2. The van der Waals surface area contributed by atoms with Gasteiger partial charge in [0.15, 0.2) is 5.96 Å². The normalized spacial score (nSPS) is 11.4. The van der Waals surface area contributed by atoms with E-state index in [2.05, 4.69) is 10.3 Å². The highest BCUT2D eigenvalue weighted by molar-refractivity contribution is 5.92. The van der Waals surface area contributed by atoms with E-state index < -0.39 is 0 Å². The van der Waals surface area contributed by atoms with E-state index in [1.165, 1.54) is 0 Å². The highest BCUT2D eigenvalue weighted by atomic mass is 16.5. The molecule has 0 amide bonds. The molecule has 3 N–H and O–H groups in total. The van der Waals surface area contributed by atoms with Gasteiger partial charge >= 0.3 is 5.97 Å². The van der Waals surface area contributed by atoms with E-state index in [0.717, 1.165) is 5.69 Å². The van der Waals surface area contributed by atoms with E-state index in [-0.39, 0.29) is 12.1 Å². The molecule has 0 aliphatic carbocycles. The van der Waals surface area contributed by atoms with Gasteiger partial charge in [-0.2, -0.15) is 0 Å². The van der Waals surface area contributed by atoms with E-state index >= 15 is 0 Å². The molecule has 0 saturated heterocycles. The predicted octanol–water partition coefficient (Wildman–Crippen LogP) is 2.14. The van der Waals surface area contributed by atoms with Crippen molar-refractivity contribution >= 4 is 17.6 Å². The quantitative estimate of drug-likeness (QED) is 0.357. The molecule has 1 aromatic carbocycles. The van der Waals surface area contributed by atoms with Gasteiger partial charge in [0.25, 0.3) is 0 Å². The molecule has 1 rings (SSSR count). The largest absolute Gasteiger partial charge is 0.463 e. The lowest BCUT2D eigenvalue weighted by Gasteiger charge is -2.07. The van der Waals surface area contributed by atoms with Gasteiger partial charge in [0.1, 0.15) is 0 Å². The number of ether oxygens (including phenoxy) is 1. The highest BCUT2D eigenvalue weighted by Crippen LogP contribution is 2.04. The summed E-state index contributed by atoms with van der Waals surface area (Å²) in [4.78, 5) is 15.4. The van der Waals surface area contributed by atoms with Crippen molar-refractivity contribution in [1.29, 1.82) is 0 Å². The summed E-state index contributed by atoms with van der Waals surface area (Å²) in [7, 11) is 0. The van der Waals surface area contributed by atoms with Gasteiger partial charge in [0, 0.05) is 18.7 Å². The standard InChI is InChI=1S/C14H21N3O2/c1-11(2)19-13(18)9-6-10-16-14(15)17-12-7-4-3-5-8-12/h3-5,7-8,11H,6,9-10H2,1-2H3,(H3,15,16,17). The minimum atomic E-state index is -0.195. The van der Waals surface area contributed by atoms with E-state index in [1.54, 1.807) is 0 Å². The first-order valence-corrected chi connectivity index (χ1v) is 6.39. The number of rotatable bonds is 6. The Morgan fingerprint density at radius 3 is 2.68 bits per heavy atom. The number of hydrogen-bond acceptors (Lipinski definition) is 3. The summed E-state index contributed by atoms with van der Waals surface area (Å²) in [6, 6.07) is 9.57. The number of hydrogen-bond donors (Lipinski definition) is 2. The molecule has 1 aromatic rings. The average molecular weight is 263 g/mol. The molecule has 0 spiro atoms. The maximum atomic E-state index is 11.3. The number of carbonyl (C=O) groups is 1.